The third kappa shape index (κ3) is 3.76. The number of ether oxygens (including phenoxy) is 1. The minimum Gasteiger partial charge on any atom is -0.449 e. The van der Waals surface area contributed by atoms with E-state index in [-0.39, 0.29) is 30.0 Å². The fourth-order valence-corrected chi connectivity index (χ4v) is 3.99. The van der Waals surface area contributed by atoms with Crippen LogP contribution in [0.5, 0.6) is 0 Å². The van der Waals surface area contributed by atoms with Crippen LogP contribution in [0.2, 0.25) is 5.02 Å². The van der Waals surface area contributed by atoms with Crippen LogP contribution in [-0.4, -0.2) is 36.7 Å². The molecule has 1 aromatic carbocycles. The number of rotatable bonds is 3. The predicted molar refractivity (Wildman–Crippen MR) is 94.4 cm³/mol. The highest BCUT2D eigenvalue weighted by Crippen LogP contribution is 2.41. The van der Waals surface area contributed by atoms with Gasteiger partial charge in [0.25, 0.3) is 0 Å². The Kier molecular flexibility index (Phi) is 6.18. The number of amides is 1. The van der Waals surface area contributed by atoms with Crippen molar-refractivity contribution in [2.24, 2.45) is 5.73 Å². The molecule has 4 nitrogen and oxygen atoms in total. The van der Waals surface area contributed by atoms with Gasteiger partial charge in [-0.25, -0.2) is 4.79 Å². The second-order valence-electron chi connectivity index (χ2n) is 6.39. The molecule has 3 rings (SSSR count). The first-order chi connectivity index (χ1) is 10.6. The molecule has 1 amide bonds. The van der Waals surface area contributed by atoms with Gasteiger partial charge in [-0.3, -0.25) is 0 Å². The highest BCUT2D eigenvalue weighted by atomic mass is 35.5. The van der Waals surface area contributed by atoms with Crippen molar-refractivity contribution in [1.82, 2.24) is 4.90 Å². The Labute approximate surface area is 148 Å². The SMILES string of the molecule is Cl.NC[C@]1(c2cccc(Cl)c2)CC[C@H](N2CCCOC2=O)CC1. The first kappa shape index (κ1) is 18.4. The molecule has 2 N–H and O–H groups in total. The lowest BCUT2D eigenvalue weighted by Crippen LogP contribution is -2.49. The van der Waals surface area contributed by atoms with Gasteiger partial charge in [0, 0.05) is 29.6 Å². The van der Waals surface area contributed by atoms with E-state index in [2.05, 4.69) is 6.07 Å². The van der Waals surface area contributed by atoms with Gasteiger partial charge in [-0.15, -0.1) is 12.4 Å². The van der Waals surface area contributed by atoms with Crippen LogP contribution in [0.3, 0.4) is 0 Å². The fourth-order valence-electron chi connectivity index (χ4n) is 3.80. The maximum absolute atomic E-state index is 11.9. The number of cyclic esters (lactones) is 1. The van der Waals surface area contributed by atoms with E-state index in [1.54, 1.807) is 0 Å². The molecule has 1 aromatic rings. The Morgan fingerprint density at radius 2 is 2.09 bits per heavy atom. The number of benzene rings is 1. The van der Waals surface area contributed by atoms with Gasteiger partial charge >= 0.3 is 6.09 Å². The molecule has 6 heteroatoms. The van der Waals surface area contributed by atoms with Crippen molar-refractivity contribution >= 4 is 30.1 Å². The van der Waals surface area contributed by atoms with Gasteiger partial charge in [0.2, 0.25) is 0 Å². The highest BCUT2D eigenvalue weighted by Gasteiger charge is 2.39. The molecule has 0 aromatic heterocycles. The van der Waals surface area contributed by atoms with Crippen LogP contribution in [-0.2, 0) is 10.2 Å². The molecule has 1 saturated heterocycles. The van der Waals surface area contributed by atoms with E-state index in [0.29, 0.717) is 13.2 Å². The van der Waals surface area contributed by atoms with Gasteiger partial charge in [0.1, 0.15) is 0 Å². The van der Waals surface area contributed by atoms with Crippen molar-refractivity contribution in [3.8, 4) is 0 Å². The number of carbonyl (C=O) groups excluding carboxylic acids is 1. The molecule has 0 spiro atoms. The summed E-state index contributed by atoms with van der Waals surface area (Å²) in [7, 11) is 0. The predicted octanol–water partition coefficient (Wildman–Crippen LogP) is 3.74. The van der Waals surface area contributed by atoms with Gasteiger partial charge < -0.3 is 15.4 Å². The van der Waals surface area contributed by atoms with Crippen molar-refractivity contribution < 1.29 is 9.53 Å². The third-order valence-electron chi connectivity index (χ3n) is 5.18. The lowest BCUT2D eigenvalue weighted by atomic mass is 9.68. The molecule has 2 fully saturated rings. The molecule has 1 aliphatic carbocycles. The van der Waals surface area contributed by atoms with E-state index < -0.39 is 0 Å². The second kappa shape index (κ2) is 7.73. The molecule has 0 atom stereocenters. The molecule has 23 heavy (non-hydrogen) atoms. The topological polar surface area (TPSA) is 55.6 Å². The van der Waals surface area contributed by atoms with Gasteiger partial charge in [-0.05, 0) is 49.8 Å². The molecule has 1 heterocycles. The number of nitrogens with zero attached hydrogens (tertiary/aromatic N) is 1. The normalized spacial score (nSPS) is 28.0. The van der Waals surface area contributed by atoms with Crippen molar-refractivity contribution in [1.29, 1.82) is 0 Å². The van der Waals surface area contributed by atoms with Crippen LogP contribution < -0.4 is 5.73 Å². The first-order valence-electron chi connectivity index (χ1n) is 8.04. The van der Waals surface area contributed by atoms with Gasteiger partial charge in [-0.1, -0.05) is 23.7 Å². The Hall–Kier alpha value is -0.970. The highest BCUT2D eigenvalue weighted by molar-refractivity contribution is 6.30. The summed E-state index contributed by atoms with van der Waals surface area (Å²) in [5, 5.41) is 0.757. The zero-order chi connectivity index (χ0) is 15.6. The molecular weight excluding hydrogens is 335 g/mol. The standard InChI is InChI=1S/C17H23ClN2O2.ClH/c18-14-4-1-3-13(11-14)17(12-19)7-5-15(6-8-17)20-9-2-10-22-16(20)21;/h1,3-4,11,15H,2,5-10,12,19H2;1H/t15-,17-;. The molecule has 1 saturated carbocycles. The zero-order valence-corrected chi connectivity index (χ0v) is 14.7. The van der Waals surface area contributed by atoms with E-state index >= 15 is 0 Å². The summed E-state index contributed by atoms with van der Waals surface area (Å²) in [6, 6.07) is 8.32. The van der Waals surface area contributed by atoms with E-state index in [9.17, 15) is 4.79 Å². The van der Waals surface area contributed by atoms with E-state index in [0.717, 1.165) is 43.7 Å². The second-order valence-corrected chi connectivity index (χ2v) is 6.82. The smallest absolute Gasteiger partial charge is 0.410 e. The minimum absolute atomic E-state index is 0. The summed E-state index contributed by atoms with van der Waals surface area (Å²) in [5.74, 6) is 0. The van der Waals surface area contributed by atoms with Crippen LogP contribution in [0.4, 0.5) is 4.79 Å². The Morgan fingerprint density at radius 3 is 2.70 bits per heavy atom. The van der Waals surface area contributed by atoms with Crippen molar-refractivity contribution in [3.05, 3.63) is 34.9 Å². The summed E-state index contributed by atoms with van der Waals surface area (Å²) >= 11 is 6.14. The fraction of sp³-hybridized carbons (Fsp3) is 0.588. The van der Waals surface area contributed by atoms with Crippen molar-refractivity contribution in [2.45, 2.75) is 43.6 Å². The Bertz CT molecular complexity index is 545. The summed E-state index contributed by atoms with van der Waals surface area (Å²) in [4.78, 5) is 13.8. The maximum atomic E-state index is 11.9. The quantitative estimate of drug-likeness (QED) is 0.894. The van der Waals surface area contributed by atoms with Gasteiger partial charge in [0.15, 0.2) is 0 Å². The Morgan fingerprint density at radius 1 is 1.35 bits per heavy atom. The van der Waals surface area contributed by atoms with Gasteiger partial charge in [-0.2, -0.15) is 0 Å². The summed E-state index contributed by atoms with van der Waals surface area (Å²) < 4.78 is 5.17. The summed E-state index contributed by atoms with van der Waals surface area (Å²) in [6.45, 7) is 1.98. The summed E-state index contributed by atoms with van der Waals surface area (Å²) in [6.07, 6.45) is 4.69. The zero-order valence-electron chi connectivity index (χ0n) is 13.2. The molecule has 0 radical (unpaired) electrons. The van der Waals surface area contributed by atoms with Crippen LogP contribution in [0.25, 0.3) is 0 Å². The molecule has 0 bridgehead atoms. The molecular formula is C17H24Cl2N2O2. The number of hydrogen-bond acceptors (Lipinski definition) is 3. The Balaban J connectivity index is 0.00000192. The minimum atomic E-state index is -0.153. The maximum Gasteiger partial charge on any atom is 0.410 e. The number of halogens is 2. The average Bonchev–Trinajstić information content (AvgIpc) is 2.55. The van der Waals surface area contributed by atoms with Crippen molar-refractivity contribution in [3.63, 3.8) is 0 Å². The van der Waals surface area contributed by atoms with Gasteiger partial charge in [0.05, 0.1) is 6.61 Å². The van der Waals surface area contributed by atoms with Crippen LogP contribution in [0.1, 0.15) is 37.7 Å². The lowest BCUT2D eigenvalue weighted by Gasteiger charge is -2.44. The molecule has 128 valence electrons. The number of carbonyl (C=O) groups is 1. The lowest BCUT2D eigenvalue weighted by molar-refractivity contribution is 0.0407. The monoisotopic (exact) mass is 358 g/mol. The van der Waals surface area contributed by atoms with Crippen LogP contribution in [0.15, 0.2) is 24.3 Å². The number of hydrogen-bond donors (Lipinski definition) is 1. The van der Waals surface area contributed by atoms with Crippen LogP contribution >= 0.6 is 24.0 Å². The first-order valence-corrected chi connectivity index (χ1v) is 8.42. The third-order valence-corrected chi connectivity index (χ3v) is 5.42. The largest absolute Gasteiger partial charge is 0.449 e. The summed E-state index contributed by atoms with van der Waals surface area (Å²) in [5.41, 5.74) is 7.33. The van der Waals surface area contributed by atoms with E-state index in [4.69, 9.17) is 22.1 Å². The van der Waals surface area contributed by atoms with Crippen LogP contribution in [0, 0.1) is 0 Å². The van der Waals surface area contributed by atoms with E-state index in [1.165, 1.54) is 5.56 Å². The average molecular weight is 359 g/mol. The van der Waals surface area contributed by atoms with Crippen molar-refractivity contribution in [2.75, 3.05) is 19.7 Å². The van der Waals surface area contributed by atoms with E-state index in [1.807, 2.05) is 23.1 Å². The number of nitrogens with two attached hydrogens (primary N) is 1. The molecule has 2 aliphatic rings. The molecule has 0 unspecified atom stereocenters. The molecule has 1 aliphatic heterocycles.